The van der Waals surface area contributed by atoms with Gasteiger partial charge in [-0.15, -0.1) is 11.8 Å². The Balaban J connectivity index is 2.64. The first-order chi connectivity index (χ1) is 8.19. The van der Waals surface area contributed by atoms with Gasteiger partial charge in [0.2, 0.25) is 0 Å². The van der Waals surface area contributed by atoms with Crippen molar-refractivity contribution in [1.82, 2.24) is 0 Å². The van der Waals surface area contributed by atoms with E-state index >= 15 is 0 Å². The van der Waals surface area contributed by atoms with Gasteiger partial charge >= 0.3 is 5.97 Å². The first-order valence-electron chi connectivity index (χ1n) is 5.59. The van der Waals surface area contributed by atoms with Crippen LogP contribution in [0.25, 0.3) is 0 Å². The predicted octanol–water partition coefficient (Wildman–Crippen LogP) is 3.15. The van der Waals surface area contributed by atoms with Gasteiger partial charge in [-0.3, -0.25) is 4.79 Å². The van der Waals surface area contributed by atoms with Crippen molar-refractivity contribution in [2.24, 2.45) is 0 Å². The number of benzene rings is 1. The zero-order chi connectivity index (χ0) is 13.9. The molecule has 0 fully saturated rings. The molecule has 18 heavy (non-hydrogen) atoms. The lowest BCUT2D eigenvalue weighted by atomic mass is 10.2. The Morgan fingerprint density at radius 1 is 1.44 bits per heavy atom. The zero-order valence-corrected chi connectivity index (χ0v) is 11.9. The summed E-state index contributed by atoms with van der Waals surface area (Å²) >= 11 is 1.25. The van der Waals surface area contributed by atoms with Gasteiger partial charge in [-0.05, 0) is 45.4 Å². The largest absolute Gasteiger partial charge is 0.459 e. The van der Waals surface area contributed by atoms with E-state index in [0.29, 0.717) is 16.1 Å². The van der Waals surface area contributed by atoms with Crippen LogP contribution >= 0.6 is 11.8 Å². The minimum atomic E-state index is -0.498. The molecule has 0 amide bonds. The van der Waals surface area contributed by atoms with E-state index in [1.54, 1.807) is 13.0 Å². The molecule has 0 aliphatic carbocycles. The van der Waals surface area contributed by atoms with E-state index in [4.69, 9.17) is 10.5 Å². The summed E-state index contributed by atoms with van der Waals surface area (Å²) in [6.07, 6.45) is 0. The maximum atomic E-state index is 13.2. The standard InChI is InChI=1S/C13H18FNO2S/c1-8-5-11(10(15)6-9(8)14)18-7-12(16)17-13(2,3)4/h5-6H,7,15H2,1-4H3. The molecule has 0 bridgehead atoms. The minimum absolute atomic E-state index is 0.159. The lowest BCUT2D eigenvalue weighted by Crippen LogP contribution is -2.24. The summed E-state index contributed by atoms with van der Waals surface area (Å²) in [5.74, 6) is -0.491. The number of ether oxygens (including phenoxy) is 1. The van der Waals surface area contributed by atoms with Gasteiger partial charge in [0.1, 0.15) is 11.4 Å². The van der Waals surface area contributed by atoms with E-state index in [1.807, 2.05) is 20.8 Å². The molecule has 0 aliphatic rings. The molecule has 0 aliphatic heterocycles. The predicted molar refractivity (Wildman–Crippen MR) is 72.1 cm³/mol. The van der Waals surface area contributed by atoms with Gasteiger partial charge in [0.15, 0.2) is 0 Å². The van der Waals surface area contributed by atoms with Gasteiger partial charge in [-0.2, -0.15) is 0 Å². The second-order valence-corrected chi connectivity index (χ2v) is 6.03. The van der Waals surface area contributed by atoms with Crippen LogP contribution in [0.2, 0.25) is 0 Å². The van der Waals surface area contributed by atoms with E-state index < -0.39 is 5.60 Å². The Bertz CT molecular complexity index is 455. The number of carbonyl (C=O) groups excluding carboxylic acids is 1. The first kappa shape index (κ1) is 14.8. The van der Waals surface area contributed by atoms with Crippen LogP contribution < -0.4 is 5.73 Å². The molecule has 0 saturated carbocycles. The van der Waals surface area contributed by atoms with Crippen molar-refractivity contribution >= 4 is 23.4 Å². The molecule has 1 aromatic carbocycles. The van der Waals surface area contributed by atoms with Crippen LogP contribution in [0.1, 0.15) is 26.3 Å². The molecule has 0 aromatic heterocycles. The lowest BCUT2D eigenvalue weighted by molar-refractivity contribution is -0.151. The van der Waals surface area contributed by atoms with Gasteiger partial charge < -0.3 is 10.5 Å². The highest BCUT2D eigenvalue weighted by atomic mass is 32.2. The summed E-state index contributed by atoms with van der Waals surface area (Å²) in [5, 5.41) is 0. The highest BCUT2D eigenvalue weighted by Gasteiger charge is 2.17. The summed E-state index contributed by atoms with van der Waals surface area (Å²) in [7, 11) is 0. The second kappa shape index (κ2) is 5.61. The zero-order valence-electron chi connectivity index (χ0n) is 11.0. The molecule has 0 spiro atoms. The maximum Gasteiger partial charge on any atom is 0.316 e. The molecule has 100 valence electrons. The number of halogens is 1. The Morgan fingerprint density at radius 3 is 2.61 bits per heavy atom. The summed E-state index contributed by atoms with van der Waals surface area (Å²) in [6.45, 7) is 7.09. The van der Waals surface area contributed by atoms with Crippen molar-refractivity contribution in [3.63, 3.8) is 0 Å². The van der Waals surface area contributed by atoms with Crippen molar-refractivity contribution in [2.75, 3.05) is 11.5 Å². The Labute approximate surface area is 111 Å². The molecule has 0 radical (unpaired) electrons. The Hall–Kier alpha value is -1.23. The molecule has 0 unspecified atom stereocenters. The van der Waals surface area contributed by atoms with Crippen LogP contribution in [-0.4, -0.2) is 17.3 Å². The molecule has 0 heterocycles. The number of aryl methyl sites for hydroxylation is 1. The molecule has 1 rings (SSSR count). The molecular weight excluding hydrogens is 253 g/mol. The van der Waals surface area contributed by atoms with Crippen LogP contribution in [0, 0.1) is 12.7 Å². The van der Waals surface area contributed by atoms with Gasteiger partial charge in [-0.1, -0.05) is 0 Å². The van der Waals surface area contributed by atoms with Crippen molar-refractivity contribution < 1.29 is 13.9 Å². The highest BCUT2D eigenvalue weighted by molar-refractivity contribution is 8.00. The molecule has 0 saturated heterocycles. The normalized spacial score (nSPS) is 11.4. The molecule has 3 nitrogen and oxygen atoms in total. The van der Waals surface area contributed by atoms with E-state index in [9.17, 15) is 9.18 Å². The van der Waals surface area contributed by atoms with E-state index in [1.165, 1.54) is 17.8 Å². The summed E-state index contributed by atoms with van der Waals surface area (Å²) < 4.78 is 18.4. The molecule has 1 aromatic rings. The first-order valence-corrected chi connectivity index (χ1v) is 6.58. The molecule has 2 N–H and O–H groups in total. The summed E-state index contributed by atoms with van der Waals surface area (Å²) in [4.78, 5) is 12.2. The van der Waals surface area contributed by atoms with Crippen LogP contribution in [0.3, 0.4) is 0 Å². The Kier molecular flexibility index (Phi) is 4.62. The van der Waals surface area contributed by atoms with Crippen LogP contribution in [0.4, 0.5) is 10.1 Å². The lowest BCUT2D eigenvalue weighted by Gasteiger charge is -2.19. The number of carbonyl (C=O) groups is 1. The number of hydrogen-bond acceptors (Lipinski definition) is 4. The number of rotatable bonds is 3. The van der Waals surface area contributed by atoms with E-state index in [2.05, 4.69) is 0 Å². The smallest absolute Gasteiger partial charge is 0.316 e. The quantitative estimate of drug-likeness (QED) is 0.521. The van der Waals surface area contributed by atoms with Crippen molar-refractivity contribution in [3.05, 3.63) is 23.5 Å². The third-order valence-electron chi connectivity index (χ3n) is 2.06. The van der Waals surface area contributed by atoms with Gasteiger partial charge in [0, 0.05) is 10.6 Å². The third kappa shape index (κ3) is 4.56. The van der Waals surface area contributed by atoms with E-state index in [0.717, 1.165) is 0 Å². The molecule has 5 heteroatoms. The molecular formula is C13H18FNO2S. The number of nitrogens with two attached hydrogens (primary N) is 1. The monoisotopic (exact) mass is 271 g/mol. The van der Waals surface area contributed by atoms with Gasteiger partial charge in [0.05, 0.1) is 5.75 Å². The number of hydrogen-bond donors (Lipinski definition) is 1. The topological polar surface area (TPSA) is 52.3 Å². The maximum absolute atomic E-state index is 13.2. The van der Waals surface area contributed by atoms with Crippen molar-refractivity contribution in [3.8, 4) is 0 Å². The fourth-order valence-electron chi connectivity index (χ4n) is 1.30. The van der Waals surface area contributed by atoms with Crippen LogP contribution in [0.15, 0.2) is 17.0 Å². The summed E-state index contributed by atoms with van der Waals surface area (Å²) in [5.41, 5.74) is 6.04. The average Bonchev–Trinajstić information content (AvgIpc) is 2.19. The minimum Gasteiger partial charge on any atom is -0.459 e. The number of nitrogen functional groups attached to an aromatic ring is 1. The number of thioether (sulfide) groups is 1. The third-order valence-corrected chi connectivity index (χ3v) is 3.10. The van der Waals surface area contributed by atoms with E-state index in [-0.39, 0.29) is 17.5 Å². The average molecular weight is 271 g/mol. The number of esters is 1. The fourth-order valence-corrected chi connectivity index (χ4v) is 2.12. The van der Waals surface area contributed by atoms with Gasteiger partial charge in [0.25, 0.3) is 0 Å². The van der Waals surface area contributed by atoms with Crippen molar-refractivity contribution in [1.29, 1.82) is 0 Å². The fraction of sp³-hybridized carbons (Fsp3) is 0.462. The SMILES string of the molecule is Cc1cc(SCC(=O)OC(C)(C)C)c(N)cc1F. The Morgan fingerprint density at radius 2 is 2.06 bits per heavy atom. The van der Waals surface area contributed by atoms with Crippen LogP contribution in [-0.2, 0) is 9.53 Å². The van der Waals surface area contributed by atoms with Gasteiger partial charge in [-0.25, -0.2) is 4.39 Å². The second-order valence-electron chi connectivity index (χ2n) is 5.01. The highest BCUT2D eigenvalue weighted by Crippen LogP contribution is 2.28. The van der Waals surface area contributed by atoms with Crippen molar-refractivity contribution in [2.45, 2.75) is 38.2 Å². The summed E-state index contributed by atoms with van der Waals surface area (Å²) in [6, 6.07) is 2.91. The number of anilines is 1. The van der Waals surface area contributed by atoms with Crippen LogP contribution in [0.5, 0.6) is 0 Å². The molecule has 0 atom stereocenters.